The van der Waals surface area contributed by atoms with Crippen molar-refractivity contribution in [1.82, 2.24) is 15.5 Å². The van der Waals surface area contributed by atoms with Gasteiger partial charge in [-0.2, -0.15) is 5.10 Å². The van der Waals surface area contributed by atoms with Crippen LogP contribution in [0, 0.1) is 5.82 Å². The molecule has 5 nitrogen and oxygen atoms in total. The predicted octanol–water partition coefficient (Wildman–Crippen LogP) is 7.53. The van der Waals surface area contributed by atoms with E-state index in [2.05, 4.69) is 20.8 Å². The fourth-order valence-corrected chi connectivity index (χ4v) is 4.20. The van der Waals surface area contributed by atoms with Gasteiger partial charge in [0.05, 0.1) is 5.02 Å². The van der Waals surface area contributed by atoms with Crippen molar-refractivity contribution in [3.63, 3.8) is 0 Å². The first-order valence-corrected chi connectivity index (χ1v) is 10.5. The van der Waals surface area contributed by atoms with Crippen LogP contribution in [0.2, 0.25) is 5.02 Å². The maximum absolute atomic E-state index is 14.8. The maximum Gasteiger partial charge on any atom is 0.320 e. The third-order valence-electron chi connectivity index (χ3n) is 5.50. The monoisotopic (exact) mass is 446 g/mol. The van der Waals surface area contributed by atoms with Crippen molar-refractivity contribution in [3.05, 3.63) is 47.2 Å². The number of hydrogen-bond acceptors (Lipinski definition) is 2. The van der Waals surface area contributed by atoms with E-state index in [4.69, 9.17) is 11.6 Å². The van der Waals surface area contributed by atoms with Gasteiger partial charge < -0.3 is 5.32 Å². The molecule has 0 unspecified atom stereocenters. The second-order valence-electron chi connectivity index (χ2n) is 7.55. The molecular formula is C24H32ClFN4O. The number of carbonyl (C=O) groups is 1. The number of hydrogen-bond donors (Lipinski definition) is 3. The van der Waals surface area contributed by atoms with Crippen LogP contribution in [0.4, 0.5) is 15.0 Å². The summed E-state index contributed by atoms with van der Waals surface area (Å²) in [5, 5.41) is 13.1. The number of nitrogens with one attached hydrogen (secondary N) is 3. The van der Waals surface area contributed by atoms with E-state index in [0.29, 0.717) is 10.9 Å². The molecule has 2 aromatic carbocycles. The Balaban J connectivity index is 0.00000171. The number of fused-ring (bicyclic) bond motifs is 1. The lowest BCUT2D eigenvalue weighted by Gasteiger charge is -2.21. The van der Waals surface area contributed by atoms with E-state index >= 15 is 0 Å². The summed E-state index contributed by atoms with van der Waals surface area (Å²) >= 11 is 6.26. The van der Waals surface area contributed by atoms with E-state index < -0.39 is 5.82 Å². The number of anilines is 1. The van der Waals surface area contributed by atoms with Crippen molar-refractivity contribution in [2.75, 3.05) is 5.32 Å². The van der Waals surface area contributed by atoms with Gasteiger partial charge in [0.2, 0.25) is 0 Å². The van der Waals surface area contributed by atoms with Gasteiger partial charge in [0, 0.05) is 17.0 Å². The van der Waals surface area contributed by atoms with E-state index in [0.717, 1.165) is 31.2 Å². The first-order valence-electron chi connectivity index (χ1n) is 10.1. The molecule has 1 fully saturated rings. The number of carbonyl (C=O) groups excluding carboxylic acids is 1. The van der Waals surface area contributed by atoms with E-state index in [-0.39, 0.29) is 43.3 Å². The van der Waals surface area contributed by atoms with Gasteiger partial charge in [0.15, 0.2) is 11.6 Å². The van der Waals surface area contributed by atoms with E-state index in [1.165, 1.54) is 19.3 Å². The van der Waals surface area contributed by atoms with Crippen molar-refractivity contribution in [3.8, 4) is 11.1 Å². The zero-order valence-corrected chi connectivity index (χ0v) is 16.9. The van der Waals surface area contributed by atoms with Crippen molar-refractivity contribution in [1.29, 1.82) is 0 Å². The lowest BCUT2D eigenvalue weighted by atomic mass is 9.97. The fraction of sp³-hybridized carbons (Fsp3) is 0.417. The molecule has 0 aliphatic heterocycles. The second-order valence-corrected chi connectivity index (χ2v) is 7.93. The lowest BCUT2D eigenvalue weighted by molar-refractivity contribution is 0.245. The number of benzene rings is 2. The zero-order chi connectivity index (χ0) is 20.2. The topological polar surface area (TPSA) is 69.8 Å². The third kappa shape index (κ3) is 5.56. The largest absolute Gasteiger partial charge is 0.335 e. The average Bonchev–Trinajstić information content (AvgIpc) is 3.10. The number of amides is 2. The summed E-state index contributed by atoms with van der Waals surface area (Å²) < 4.78 is 14.8. The molecular weight excluding hydrogens is 415 g/mol. The van der Waals surface area contributed by atoms with Crippen LogP contribution in [0.5, 0.6) is 0 Å². The van der Waals surface area contributed by atoms with Crippen LogP contribution >= 0.6 is 11.6 Å². The molecule has 0 spiro atoms. The smallest absolute Gasteiger partial charge is 0.320 e. The number of halogens is 2. The van der Waals surface area contributed by atoms with E-state index in [1.54, 1.807) is 6.07 Å². The Morgan fingerprint density at radius 3 is 2.39 bits per heavy atom. The van der Waals surface area contributed by atoms with Gasteiger partial charge in [-0.05, 0) is 24.5 Å². The number of aromatic amines is 1. The van der Waals surface area contributed by atoms with Crippen molar-refractivity contribution < 1.29 is 9.18 Å². The Morgan fingerprint density at radius 2 is 1.71 bits per heavy atom. The highest BCUT2D eigenvalue weighted by molar-refractivity contribution is 6.34. The molecule has 0 bridgehead atoms. The number of aromatic nitrogens is 2. The lowest BCUT2D eigenvalue weighted by Crippen LogP contribution is -2.38. The molecule has 1 aliphatic rings. The minimum atomic E-state index is -0.580. The first kappa shape index (κ1) is 24.7. The third-order valence-corrected chi connectivity index (χ3v) is 5.87. The molecule has 0 atom stereocenters. The minimum Gasteiger partial charge on any atom is -0.335 e. The van der Waals surface area contributed by atoms with Crippen LogP contribution in [0.15, 0.2) is 36.4 Å². The molecule has 1 heterocycles. The number of rotatable bonds is 3. The zero-order valence-electron chi connectivity index (χ0n) is 16.1. The molecule has 3 N–H and O–H groups in total. The molecule has 4 rings (SSSR count). The van der Waals surface area contributed by atoms with Crippen LogP contribution in [0.25, 0.3) is 22.0 Å². The highest BCUT2D eigenvalue weighted by Crippen LogP contribution is 2.36. The van der Waals surface area contributed by atoms with E-state index in [9.17, 15) is 9.18 Å². The first-order chi connectivity index (χ1) is 14.1. The molecule has 1 aliphatic carbocycles. The summed E-state index contributed by atoms with van der Waals surface area (Å²) in [4.78, 5) is 12.5. The summed E-state index contributed by atoms with van der Waals surface area (Å²) in [5.74, 6) is -0.292. The summed E-state index contributed by atoms with van der Waals surface area (Å²) in [7, 11) is 0. The van der Waals surface area contributed by atoms with Gasteiger partial charge in [-0.3, -0.25) is 10.4 Å². The van der Waals surface area contributed by atoms with Crippen LogP contribution in [0.1, 0.15) is 59.8 Å². The Kier molecular flexibility index (Phi) is 8.87. The summed E-state index contributed by atoms with van der Waals surface area (Å²) in [6, 6.07) is 10.9. The molecule has 3 aromatic rings. The Morgan fingerprint density at radius 1 is 1.06 bits per heavy atom. The van der Waals surface area contributed by atoms with Crippen LogP contribution in [-0.2, 0) is 0 Å². The average molecular weight is 447 g/mol. The van der Waals surface area contributed by atoms with Gasteiger partial charge in [-0.1, -0.05) is 88.9 Å². The van der Waals surface area contributed by atoms with Gasteiger partial charge >= 0.3 is 6.03 Å². The number of urea groups is 1. The quantitative estimate of drug-likeness (QED) is 0.389. The molecule has 31 heavy (non-hydrogen) atoms. The van der Waals surface area contributed by atoms with Gasteiger partial charge in [0.25, 0.3) is 0 Å². The second kappa shape index (κ2) is 11.1. The Bertz CT molecular complexity index is 998. The molecule has 0 saturated heterocycles. The maximum atomic E-state index is 14.8. The SMILES string of the molecule is C.C.O=C(Nc1n[nH]c2c(F)c(Cl)c(-c3ccccc3)cc12)NC1CCCCCCC1. The molecule has 1 aromatic heterocycles. The standard InChI is InChI=1S/C22H24ClFN4O.2CH4/c23-18-16(14-9-5-4-6-10-14)13-17-20(19(18)24)27-28-21(17)26-22(29)25-15-11-7-2-1-3-8-12-15;;/h4-6,9-10,13,15H,1-3,7-8,11-12H2,(H3,25,26,27,28,29);2*1H4. The van der Waals surface area contributed by atoms with Gasteiger partial charge in [-0.25, -0.2) is 9.18 Å². The van der Waals surface area contributed by atoms with Crippen molar-refractivity contribution in [2.45, 2.75) is 65.8 Å². The highest BCUT2D eigenvalue weighted by Gasteiger charge is 2.20. The van der Waals surface area contributed by atoms with Crippen LogP contribution in [0.3, 0.4) is 0 Å². The van der Waals surface area contributed by atoms with E-state index in [1.807, 2.05) is 30.3 Å². The normalized spacial score (nSPS) is 14.6. The van der Waals surface area contributed by atoms with Crippen LogP contribution < -0.4 is 10.6 Å². The molecule has 7 heteroatoms. The fourth-order valence-electron chi connectivity index (χ4n) is 3.95. The summed E-state index contributed by atoms with van der Waals surface area (Å²) in [5.41, 5.74) is 1.53. The Hall–Kier alpha value is -2.60. The van der Waals surface area contributed by atoms with Gasteiger partial charge in [-0.15, -0.1) is 0 Å². The predicted molar refractivity (Wildman–Crippen MR) is 128 cm³/mol. The molecule has 2 amide bonds. The van der Waals surface area contributed by atoms with Crippen LogP contribution in [-0.4, -0.2) is 22.3 Å². The van der Waals surface area contributed by atoms with Crippen molar-refractivity contribution in [2.24, 2.45) is 0 Å². The Labute approximate surface area is 188 Å². The van der Waals surface area contributed by atoms with Crippen molar-refractivity contribution >= 4 is 34.4 Å². The molecule has 0 radical (unpaired) electrons. The summed E-state index contributed by atoms with van der Waals surface area (Å²) in [6.07, 6.45) is 7.92. The number of H-pyrrole nitrogens is 1. The number of nitrogens with zero attached hydrogens (tertiary/aromatic N) is 1. The highest BCUT2D eigenvalue weighted by atomic mass is 35.5. The molecule has 168 valence electrons. The minimum absolute atomic E-state index is 0. The molecule has 1 saturated carbocycles. The van der Waals surface area contributed by atoms with Gasteiger partial charge in [0.1, 0.15) is 5.52 Å². The summed E-state index contributed by atoms with van der Waals surface area (Å²) in [6.45, 7) is 0.